The number of hydrogen-bond donors (Lipinski definition) is 1. The standard InChI is InChI=1S/C28H29N4P/c33-27-24(23-9-4-7-20-6-3-8-22(20)23)10-5-11-25(27)31-28-26-21(12-13-29-28)16-19(17-30-26)18-32-14-1-2-15-32/h4-5,7,9-13,16-17H,1-3,6,8,14-15,18,33H2,(H,29,31). The Morgan fingerprint density at radius 2 is 1.76 bits per heavy atom. The Morgan fingerprint density at radius 3 is 2.67 bits per heavy atom. The first-order valence-corrected chi connectivity index (χ1v) is 12.6. The number of aryl methyl sites for hydroxylation is 1. The second kappa shape index (κ2) is 8.85. The van der Waals surface area contributed by atoms with Gasteiger partial charge in [0.05, 0.1) is 0 Å². The molecule has 1 saturated heterocycles. The average Bonchev–Trinajstić information content (AvgIpc) is 3.52. The minimum atomic E-state index is 0.805. The molecule has 1 unspecified atom stereocenters. The van der Waals surface area contributed by atoms with Crippen LogP contribution in [0.4, 0.5) is 11.5 Å². The van der Waals surface area contributed by atoms with Gasteiger partial charge in [0, 0.05) is 35.3 Å². The van der Waals surface area contributed by atoms with Crippen molar-refractivity contribution in [2.24, 2.45) is 0 Å². The third kappa shape index (κ3) is 4.03. The van der Waals surface area contributed by atoms with E-state index in [4.69, 9.17) is 4.98 Å². The number of rotatable bonds is 5. The van der Waals surface area contributed by atoms with Crippen LogP contribution in [0, 0.1) is 0 Å². The van der Waals surface area contributed by atoms with E-state index in [9.17, 15) is 0 Å². The molecule has 4 aromatic rings. The Hall–Kier alpha value is -2.81. The summed E-state index contributed by atoms with van der Waals surface area (Å²) in [6.07, 6.45) is 10.1. The van der Waals surface area contributed by atoms with Gasteiger partial charge in [-0.05, 0) is 91.2 Å². The number of benzene rings is 2. The Labute approximate surface area is 197 Å². The lowest BCUT2D eigenvalue weighted by Gasteiger charge is -2.17. The SMILES string of the molecule is Pc1c(Nc2nccc3cc(CN4CCCC4)cnc23)cccc1-c1cccc2c1CCC2. The van der Waals surface area contributed by atoms with Crippen LogP contribution in [0.15, 0.2) is 60.9 Å². The van der Waals surface area contributed by atoms with E-state index in [2.05, 4.69) is 73.0 Å². The molecular weight excluding hydrogens is 423 g/mol. The van der Waals surface area contributed by atoms with E-state index >= 15 is 0 Å². The molecule has 1 aliphatic carbocycles. The van der Waals surface area contributed by atoms with Crippen LogP contribution in [0.3, 0.4) is 0 Å². The normalized spacial score (nSPS) is 15.8. The highest BCUT2D eigenvalue weighted by Gasteiger charge is 2.18. The summed E-state index contributed by atoms with van der Waals surface area (Å²) >= 11 is 0. The summed E-state index contributed by atoms with van der Waals surface area (Å²) in [5.74, 6) is 0.805. The molecule has 4 nitrogen and oxygen atoms in total. The predicted molar refractivity (Wildman–Crippen MR) is 141 cm³/mol. The zero-order chi connectivity index (χ0) is 22.2. The van der Waals surface area contributed by atoms with Crippen LogP contribution < -0.4 is 10.6 Å². The van der Waals surface area contributed by atoms with Crippen LogP contribution in [0.25, 0.3) is 22.0 Å². The third-order valence-corrected chi connectivity index (χ3v) is 7.68. The van der Waals surface area contributed by atoms with Crippen LogP contribution in [0.2, 0.25) is 0 Å². The van der Waals surface area contributed by atoms with Crippen molar-refractivity contribution in [3.63, 3.8) is 0 Å². The fourth-order valence-electron chi connectivity index (χ4n) is 5.39. The van der Waals surface area contributed by atoms with E-state index in [1.165, 1.54) is 78.3 Å². The molecule has 0 amide bonds. The van der Waals surface area contributed by atoms with Crippen LogP contribution >= 0.6 is 9.24 Å². The molecule has 5 heteroatoms. The summed E-state index contributed by atoms with van der Waals surface area (Å²) in [6, 6.07) is 17.5. The van der Waals surface area contributed by atoms with Gasteiger partial charge in [-0.1, -0.05) is 30.3 Å². The number of fused-ring (bicyclic) bond motifs is 2. The number of hydrogen-bond acceptors (Lipinski definition) is 4. The predicted octanol–water partition coefficient (Wildman–Crippen LogP) is 5.63. The monoisotopic (exact) mass is 452 g/mol. The molecule has 0 bridgehead atoms. The molecule has 2 aromatic carbocycles. The summed E-state index contributed by atoms with van der Waals surface area (Å²) in [5.41, 5.74) is 8.87. The van der Waals surface area contributed by atoms with Crippen molar-refractivity contribution in [3.8, 4) is 11.1 Å². The van der Waals surface area contributed by atoms with Crippen LogP contribution in [0.1, 0.15) is 36.0 Å². The summed E-state index contributed by atoms with van der Waals surface area (Å²) in [7, 11) is 2.96. The summed E-state index contributed by atoms with van der Waals surface area (Å²) in [6.45, 7) is 3.37. The smallest absolute Gasteiger partial charge is 0.156 e. The number of nitrogens with zero attached hydrogens (tertiary/aromatic N) is 3. The Balaban J connectivity index is 1.33. The maximum Gasteiger partial charge on any atom is 0.156 e. The molecule has 33 heavy (non-hydrogen) atoms. The van der Waals surface area contributed by atoms with Gasteiger partial charge in [0.2, 0.25) is 0 Å². The number of likely N-dealkylation sites (tertiary alicyclic amines) is 1. The molecule has 2 aliphatic rings. The lowest BCUT2D eigenvalue weighted by molar-refractivity contribution is 0.331. The highest BCUT2D eigenvalue weighted by Crippen LogP contribution is 2.34. The number of pyridine rings is 2. The quantitative estimate of drug-likeness (QED) is 0.399. The molecular formula is C28H29N4P. The number of anilines is 2. The van der Waals surface area contributed by atoms with Crippen molar-refractivity contribution < 1.29 is 0 Å². The van der Waals surface area contributed by atoms with E-state index < -0.39 is 0 Å². The van der Waals surface area contributed by atoms with Gasteiger partial charge in [0.15, 0.2) is 5.82 Å². The van der Waals surface area contributed by atoms with Crippen LogP contribution in [-0.2, 0) is 19.4 Å². The van der Waals surface area contributed by atoms with E-state index in [0.717, 1.165) is 29.0 Å². The van der Waals surface area contributed by atoms with Gasteiger partial charge in [0.25, 0.3) is 0 Å². The molecule has 1 atom stereocenters. The first-order valence-electron chi connectivity index (χ1n) is 12.0. The molecule has 3 heterocycles. The zero-order valence-electron chi connectivity index (χ0n) is 18.8. The maximum absolute atomic E-state index is 4.82. The van der Waals surface area contributed by atoms with Crippen LogP contribution in [0.5, 0.6) is 0 Å². The minimum absolute atomic E-state index is 0.805. The molecule has 1 fully saturated rings. The van der Waals surface area contributed by atoms with Crippen molar-refractivity contribution in [1.29, 1.82) is 0 Å². The first-order chi connectivity index (χ1) is 16.3. The molecule has 1 N–H and O–H groups in total. The van der Waals surface area contributed by atoms with Crippen molar-refractivity contribution in [1.82, 2.24) is 14.9 Å². The van der Waals surface area contributed by atoms with Gasteiger partial charge < -0.3 is 5.32 Å². The van der Waals surface area contributed by atoms with Crippen LogP contribution in [-0.4, -0.2) is 28.0 Å². The lowest BCUT2D eigenvalue weighted by Crippen LogP contribution is -2.18. The molecule has 0 saturated carbocycles. The van der Waals surface area contributed by atoms with E-state index in [1.807, 2.05) is 12.4 Å². The zero-order valence-corrected chi connectivity index (χ0v) is 20.0. The Morgan fingerprint density at radius 1 is 0.909 bits per heavy atom. The molecule has 6 rings (SSSR count). The van der Waals surface area contributed by atoms with Crippen molar-refractivity contribution >= 4 is 37.0 Å². The maximum atomic E-state index is 4.82. The summed E-state index contributed by atoms with van der Waals surface area (Å²) in [5, 5.41) is 5.88. The average molecular weight is 453 g/mol. The first kappa shape index (κ1) is 20.8. The molecule has 1 aliphatic heterocycles. The van der Waals surface area contributed by atoms with Crippen molar-refractivity contribution in [2.75, 3.05) is 18.4 Å². The van der Waals surface area contributed by atoms with Gasteiger partial charge in [0.1, 0.15) is 5.52 Å². The van der Waals surface area contributed by atoms with Gasteiger partial charge in [-0.2, -0.15) is 0 Å². The molecule has 2 aromatic heterocycles. The fourth-order valence-corrected chi connectivity index (χ4v) is 5.81. The molecule has 166 valence electrons. The van der Waals surface area contributed by atoms with Crippen molar-refractivity contribution in [2.45, 2.75) is 38.6 Å². The largest absolute Gasteiger partial charge is 0.338 e. The Kier molecular flexibility index (Phi) is 5.57. The fraction of sp³-hybridized carbons (Fsp3) is 0.286. The Bertz CT molecular complexity index is 1330. The minimum Gasteiger partial charge on any atom is -0.338 e. The van der Waals surface area contributed by atoms with Gasteiger partial charge in [-0.25, -0.2) is 4.98 Å². The van der Waals surface area contributed by atoms with Gasteiger partial charge in [-0.15, -0.1) is 9.24 Å². The molecule has 0 spiro atoms. The summed E-state index contributed by atoms with van der Waals surface area (Å²) in [4.78, 5) is 12.0. The topological polar surface area (TPSA) is 41.1 Å². The lowest BCUT2D eigenvalue weighted by atomic mass is 9.96. The van der Waals surface area contributed by atoms with Gasteiger partial charge >= 0.3 is 0 Å². The highest BCUT2D eigenvalue weighted by atomic mass is 31.0. The number of aromatic nitrogens is 2. The molecule has 0 radical (unpaired) electrons. The second-order valence-electron chi connectivity index (χ2n) is 9.25. The van der Waals surface area contributed by atoms with Gasteiger partial charge in [-0.3, -0.25) is 9.88 Å². The second-order valence-corrected chi connectivity index (χ2v) is 9.82. The van der Waals surface area contributed by atoms with E-state index in [-0.39, 0.29) is 0 Å². The third-order valence-electron chi connectivity index (χ3n) is 7.06. The van der Waals surface area contributed by atoms with Crippen molar-refractivity contribution in [3.05, 3.63) is 77.6 Å². The number of nitrogens with one attached hydrogen (secondary N) is 1. The summed E-state index contributed by atoms with van der Waals surface area (Å²) < 4.78 is 0. The highest BCUT2D eigenvalue weighted by molar-refractivity contribution is 7.28. The van der Waals surface area contributed by atoms with E-state index in [1.54, 1.807) is 0 Å². The van der Waals surface area contributed by atoms with E-state index in [0.29, 0.717) is 0 Å².